The molecule has 90 valence electrons. The summed E-state index contributed by atoms with van der Waals surface area (Å²) in [7, 11) is 1.55. The van der Waals surface area contributed by atoms with Crippen molar-refractivity contribution in [3.05, 3.63) is 41.5 Å². The summed E-state index contributed by atoms with van der Waals surface area (Å²) >= 11 is 0. The average Bonchev–Trinajstić information content (AvgIpc) is 2.77. The van der Waals surface area contributed by atoms with Gasteiger partial charge in [-0.05, 0) is 18.2 Å². The molecule has 0 saturated carbocycles. The lowest BCUT2D eigenvalue weighted by molar-refractivity contribution is 0.405. The Bertz CT molecular complexity index is 512. The van der Waals surface area contributed by atoms with Crippen LogP contribution in [0.3, 0.4) is 0 Å². The molecule has 0 spiro atoms. The smallest absolute Gasteiger partial charge is 0.124 e. The number of nitrogens with zero attached hydrogens (tertiary/aromatic N) is 3. The number of hydrogen-bond donors (Lipinski definition) is 1. The molecular weight excluding hydrogens is 223 g/mol. The summed E-state index contributed by atoms with van der Waals surface area (Å²) in [5.74, 6) is 0.316. The minimum atomic E-state index is -0.306. The van der Waals surface area contributed by atoms with Gasteiger partial charge in [-0.2, -0.15) is 0 Å². The molecule has 6 heteroatoms. The Morgan fingerprint density at radius 3 is 2.94 bits per heavy atom. The Morgan fingerprint density at radius 1 is 1.47 bits per heavy atom. The van der Waals surface area contributed by atoms with Gasteiger partial charge in [0, 0.05) is 12.1 Å². The molecule has 2 N–H and O–H groups in total. The Balaban J connectivity index is 2.25. The molecule has 0 aliphatic carbocycles. The molecule has 17 heavy (non-hydrogen) atoms. The zero-order chi connectivity index (χ0) is 12.3. The molecule has 0 aliphatic rings. The maximum absolute atomic E-state index is 13.1. The molecule has 0 radical (unpaired) electrons. The quantitative estimate of drug-likeness (QED) is 0.857. The molecule has 0 saturated heterocycles. The summed E-state index contributed by atoms with van der Waals surface area (Å²) in [5, 5.41) is 7.76. The largest absolute Gasteiger partial charge is 0.496 e. The zero-order valence-corrected chi connectivity index (χ0v) is 9.43. The van der Waals surface area contributed by atoms with Crippen molar-refractivity contribution in [3.63, 3.8) is 0 Å². The third-order valence-electron chi connectivity index (χ3n) is 2.37. The van der Waals surface area contributed by atoms with Crippen molar-refractivity contribution in [2.75, 3.05) is 7.11 Å². The van der Waals surface area contributed by atoms with Crippen LogP contribution >= 0.6 is 0 Å². The molecule has 5 nitrogen and oxygen atoms in total. The minimum absolute atomic E-state index is 0.306. The van der Waals surface area contributed by atoms with Crippen molar-refractivity contribution in [1.29, 1.82) is 0 Å². The second-order valence-corrected chi connectivity index (χ2v) is 3.57. The van der Waals surface area contributed by atoms with E-state index >= 15 is 0 Å². The highest BCUT2D eigenvalue weighted by Crippen LogP contribution is 2.20. The number of ether oxygens (including phenoxy) is 1. The summed E-state index contributed by atoms with van der Waals surface area (Å²) in [6.07, 6.45) is 1.73. The van der Waals surface area contributed by atoms with Crippen LogP contribution in [0.5, 0.6) is 5.75 Å². The van der Waals surface area contributed by atoms with E-state index in [1.54, 1.807) is 24.1 Å². The SMILES string of the molecule is COc1ccc(F)cc1Cn1cc(CN)nn1. The molecule has 0 unspecified atom stereocenters. The Labute approximate surface area is 98.0 Å². The third-order valence-corrected chi connectivity index (χ3v) is 2.37. The number of nitrogens with two attached hydrogens (primary N) is 1. The van der Waals surface area contributed by atoms with Crippen molar-refractivity contribution in [2.45, 2.75) is 13.1 Å². The minimum Gasteiger partial charge on any atom is -0.496 e. The van der Waals surface area contributed by atoms with E-state index in [0.29, 0.717) is 30.1 Å². The fraction of sp³-hybridized carbons (Fsp3) is 0.273. The van der Waals surface area contributed by atoms with Crippen molar-refractivity contribution in [1.82, 2.24) is 15.0 Å². The van der Waals surface area contributed by atoms with Crippen LogP contribution in [0.2, 0.25) is 0 Å². The molecule has 0 fully saturated rings. The number of methoxy groups -OCH3 is 1. The van der Waals surface area contributed by atoms with Crippen LogP contribution in [-0.2, 0) is 13.1 Å². The molecule has 0 aliphatic heterocycles. The molecule has 2 rings (SSSR count). The Kier molecular flexibility index (Phi) is 3.34. The first-order valence-electron chi connectivity index (χ1n) is 5.14. The fourth-order valence-electron chi connectivity index (χ4n) is 1.55. The van der Waals surface area contributed by atoms with E-state index in [-0.39, 0.29) is 5.82 Å². The van der Waals surface area contributed by atoms with E-state index in [1.165, 1.54) is 12.1 Å². The highest BCUT2D eigenvalue weighted by Gasteiger charge is 2.07. The van der Waals surface area contributed by atoms with Gasteiger partial charge in [0.15, 0.2) is 0 Å². The van der Waals surface area contributed by atoms with Gasteiger partial charge < -0.3 is 10.5 Å². The Hall–Kier alpha value is -1.95. The van der Waals surface area contributed by atoms with Gasteiger partial charge in [-0.15, -0.1) is 5.10 Å². The zero-order valence-electron chi connectivity index (χ0n) is 9.43. The van der Waals surface area contributed by atoms with E-state index in [2.05, 4.69) is 10.3 Å². The predicted molar refractivity (Wildman–Crippen MR) is 60.0 cm³/mol. The maximum Gasteiger partial charge on any atom is 0.124 e. The van der Waals surface area contributed by atoms with Crippen molar-refractivity contribution in [3.8, 4) is 5.75 Å². The molecule has 0 bridgehead atoms. The lowest BCUT2D eigenvalue weighted by Crippen LogP contribution is -2.03. The van der Waals surface area contributed by atoms with E-state index in [0.717, 1.165) is 0 Å². The Morgan fingerprint density at radius 2 is 2.29 bits per heavy atom. The summed E-state index contributed by atoms with van der Waals surface area (Å²) in [6, 6.07) is 4.36. The van der Waals surface area contributed by atoms with Gasteiger partial charge in [0.1, 0.15) is 11.6 Å². The number of aromatic nitrogens is 3. The van der Waals surface area contributed by atoms with Crippen molar-refractivity contribution >= 4 is 0 Å². The maximum atomic E-state index is 13.1. The first-order valence-corrected chi connectivity index (χ1v) is 5.14. The second-order valence-electron chi connectivity index (χ2n) is 3.57. The first kappa shape index (κ1) is 11.5. The molecular formula is C11H13FN4O. The van der Waals surface area contributed by atoms with Gasteiger partial charge >= 0.3 is 0 Å². The molecule has 1 aromatic heterocycles. The van der Waals surface area contributed by atoms with Gasteiger partial charge in [0.05, 0.1) is 25.5 Å². The number of hydrogen-bond acceptors (Lipinski definition) is 4. The molecule has 1 aromatic carbocycles. The van der Waals surface area contributed by atoms with Crippen LogP contribution in [0.4, 0.5) is 4.39 Å². The standard InChI is InChI=1S/C11H13FN4O/c1-17-11-3-2-9(12)4-8(11)6-16-7-10(5-13)14-15-16/h2-4,7H,5-6,13H2,1H3. The van der Waals surface area contributed by atoms with Gasteiger partial charge in [-0.3, -0.25) is 0 Å². The van der Waals surface area contributed by atoms with Crippen molar-refractivity contribution in [2.24, 2.45) is 5.73 Å². The molecule has 0 atom stereocenters. The van der Waals surface area contributed by atoms with E-state index in [1.807, 2.05) is 0 Å². The van der Waals surface area contributed by atoms with Crippen LogP contribution in [0.25, 0.3) is 0 Å². The number of rotatable bonds is 4. The topological polar surface area (TPSA) is 66.0 Å². The molecule has 0 amide bonds. The van der Waals surface area contributed by atoms with Crippen LogP contribution in [0, 0.1) is 5.82 Å². The molecule has 2 aromatic rings. The lowest BCUT2D eigenvalue weighted by atomic mass is 10.2. The second kappa shape index (κ2) is 4.92. The number of benzene rings is 1. The molecule has 1 heterocycles. The number of halogens is 1. The first-order chi connectivity index (χ1) is 8.22. The summed E-state index contributed by atoms with van der Waals surface area (Å²) in [6.45, 7) is 0.730. The van der Waals surface area contributed by atoms with Gasteiger partial charge in [-0.25, -0.2) is 9.07 Å². The normalized spacial score (nSPS) is 10.5. The van der Waals surface area contributed by atoms with Gasteiger partial charge in [0.2, 0.25) is 0 Å². The van der Waals surface area contributed by atoms with Gasteiger partial charge in [0.25, 0.3) is 0 Å². The monoisotopic (exact) mass is 236 g/mol. The highest BCUT2D eigenvalue weighted by atomic mass is 19.1. The summed E-state index contributed by atoms with van der Waals surface area (Å²) in [5.41, 5.74) is 6.84. The van der Waals surface area contributed by atoms with E-state index in [9.17, 15) is 4.39 Å². The van der Waals surface area contributed by atoms with E-state index < -0.39 is 0 Å². The van der Waals surface area contributed by atoms with E-state index in [4.69, 9.17) is 10.5 Å². The predicted octanol–water partition coefficient (Wildman–Crippen LogP) is 0.933. The summed E-state index contributed by atoms with van der Waals surface area (Å²) < 4.78 is 19.9. The fourth-order valence-corrected chi connectivity index (χ4v) is 1.55. The average molecular weight is 236 g/mol. The van der Waals surface area contributed by atoms with Crippen LogP contribution in [-0.4, -0.2) is 22.1 Å². The van der Waals surface area contributed by atoms with Crippen LogP contribution in [0.1, 0.15) is 11.3 Å². The van der Waals surface area contributed by atoms with Gasteiger partial charge in [-0.1, -0.05) is 5.21 Å². The van der Waals surface area contributed by atoms with Crippen LogP contribution < -0.4 is 10.5 Å². The van der Waals surface area contributed by atoms with Crippen molar-refractivity contribution < 1.29 is 9.13 Å². The van der Waals surface area contributed by atoms with Crippen LogP contribution in [0.15, 0.2) is 24.4 Å². The summed E-state index contributed by atoms with van der Waals surface area (Å²) in [4.78, 5) is 0. The highest BCUT2D eigenvalue weighted by molar-refractivity contribution is 5.34. The third kappa shape index (κ3) is 2.59. The lowest BCUT2D eigenvalue weighted by Gasteiger charge is -2.07.